The van der Waals surface area contributed by atoms with Gasteiger partial charge in [-0.25, -0.2) is 13.4 Å². The molecule has 0 aliphatic heterocycles. The number of anilines is 2. The number of aryl methyl sites for hydroxylation is 1. The van der Waals surface area contributed by atoms with Crippen molar-refractivity contribution in [2.45, 2.75) is 25.2 Å². The van der Waals surface area contributed by atoms with E-state index < -0.39 is 10.0 Å². The summed E-state index contributed by atoms with van der Waals surface area (Å²) in [6, 6.07) is 4.56. The van der Waals surface area contributed by atoms with E-state index in [4.69, 9.17) is 4.52 Å². The van der Waals surface area contributed by atoms with Gasteiger partial charge >= 0.3 is 0 Å². The number of hydrogen-bond acceptors (Lipinski definition) is 6. The minimum atomic E-state index is -3.76. The molecular weight excluding hydrogens is 280 g/mol. The van der Waals surface area contributed by atoms with Crippen LogP contribution in [0.5, 0.6) is 0 Å². The lowest BCUT2D eigenvalue weighted by molar-refractivity contribution is 0.400. The second-order valence-corrected chi connectivity index (χ2v) is 5.86. The quantitative estimate of drug-likeness (QED) is 0.846. The van der Waals surface area contributed by atoms with Gasteiger partial charge in [0.15, 0.2) is 5.82 Å². The number of aromatic nitrogens is 2. The first-order valence-electron chi connectivity index (χ1n) is 6.18. The van der Waals surface area contributed by atoms with Gasteiger partial charge in [0.1, 0.15) is 16.5 Å². The molecule has 2 aromatic heterocycles. The molecule has 2 aromatic rings. The lowest BCUT2D eigenvalue weighted by atomic mass is 10.4. The summed E-state index contributed by atoms with van der Waals surface area (Å²) in [6.07, 6.45) is 2.41. The summed E-state index contributed by atoms with van der Waals surface area (Å²) in [7, 11) is -3.76. The third-order valence-corrected chi connectivity index (χ3v) is 3.86. The molecule has 0 saturated heterocycles. The number of sulfonamides is 1. The molecule has 0 aliphatic carbocycles. The fourth-order valence-corrected chi connectivity index (χ4v) is 2.71. The highest BCUT2D eigenvalue weighted by atomic mass is 32.2. The molecule has 2 heterocycles. The standard InChI is InChI=1S/C12H16N4O3S/c1-3-6-13-12-10(5-4-7-14-12)20(17,18)16-11-8-9(2)19-15-11/h4-5,7-8H,3,6H2,1-2H3,(H,13,14)(H,15,16). The van der Waals surface area contributed by atoms with Crippen molar-refractivity contribution < 1.29 is 12.9 Å². The Balaban J connectivity index is 2.29. The van der Waals surface area contributed by atoms with Gasteiger partial charge in [-0.15, -0.1) is 0 Å². The molecule has 0 unspecified atom stereocenters. The Bertz CT molecular complexity index is 682. The summed E-state index contributed by atoms with van der Waals surface area (Å²) >= 11 is 0. The Kier molecular flexibility index (Phi) is 4.23. The van der Waals surface area contributed by atoms with Crippen LogP contribution in [-0.4, -0.2) is 25.1 Å². The second-order valence-electron chi connectivity index (χ2n) is 4.21. The number of rotatable bonds is 6. The highest BCUT2D eigenvalue weighted by Gasteiger charge is 2.20. The molecule has 0 aromatic carbocycles. The van der Waals surface area contributed by atoms with E-state index in [1.54, 1.807) is 13.0 Å². The SMILES string of the molecule is CCCNc1ncccc1S(=O)(=O)Nc1cc(C)on1. The van der Waals surface area contributed by atoms with Gasteiger partial charge in [-0.2, -0.15) is 0 Å². The Morgan fingerprint density at radius 1 is 1.40 bits per heavy atom. The highest BCUT2D eigenvalue weighted by molar-refractivity contribution is 7.92. The Hall–Kier alpha value is -2.09. The smallest absolute Gasteiger partial charge is 0.266 e. The van der Waals surface area contributed by atoms with Crippen LogP contribution in [-0.2, 0) is 10.0 Å². The molecular formula is C12H16N4O3S. The summed E-state index contributed by atoms with van der Waals surface area (Å²) in [4.78, 5) is 4.13. The van der Waals surface area contributed by atoms with Crippen LogP contribution in [0.2, 0.25) is 0 Å². The number of pyridine rings is 1. The van der Waals surface area contributed by atoms with E-state index in [1.165, 1.54) is 18.3 Å². The van der Waals surface area contributed by atoms with Crippen LogP contribution in [0, 0.1) is 6.92 Å². The molecule has 2 rings (SSSR count). The predicted molar refractivity (Wildman–Crippen MR) is 75.1 cm³/mol. The van der Waals surface area contributed by atoms with Crippen LogP contribution < -0.4 is 10.0 Å². The van der Waals surface area contributed by atoms with Crippen LogP contribution in [0.25, 0.3) is 0 Å². The number of nitrogens with zero attached hydrogens (tertiary/aromatic N) is 2. The maximum atomic E-state index is 12.3. The van der Waals surface area contributed by atoms with Crippen molar-refractivity contribution in [3.63, 3.8) is 0 Å². The molecule has 0 fully saturated rings. The van der Waals surface area contributed by atoms with Gasteiger partial charge in [-0.3, -0.25) is 4.72 Å². The van der Waals surface area contributed by atoms with Crippen LogP contribution in [0.1, 0.15) is 19.1 Å². The predicted octanol–water partition coefficient (Wildman–Crippen LogP) is 2.00. The van der Waals surface area contributed by atoms with Crippen LogP contribution >= 0.6 is 0 Å². The van der Waals surface area contributed by atoms with Crippen LogP contribution in [0.3, 0.4) is 0 Å². The van der Waals surface area contributed by atoms with E-state index in [2.05, 4.69) is 20.2 Å². The van der Waals surface area contributed by atoms with Crippen molar-refractivity contribution in [1.82, 2.24) is 10.1 Å². The van der Waals surface area contributed by atoms with E-state index in [9.17, 15) is 8.42 Å². The van der Waals surface area contributed by atoms with Gasteiger partial charge in [0, 0.05) is 18.8 Å². The Morgan fingerprint density at radius 3 is 2.85 bits per heavy atom. The molecule has 0 amide bonds. The first-order valence-corrected chi connectivity index (χ1v) is 7.66. The monoisotopic (exact) mass is 296 g/mol. The van der Waals surface area contributed by atoms with E-state index >= 15 is 0 Å². The maximum Gasteiger partial charge on any atom is 0.266 e. The van der Waals surface area contributed by atoms with E-state index in [0.29, 0.717) is 18.1 Å². The Labute approximate surface area is 117 Å². The van der Waals surface area contributed by atoms with Crippen molar-refractivity contribution in [1.29, 1.82) is 0 Å². The lowest BCUT2D eigenvalue weighted by Crippen LogP contribution is -2.16. The largest absolute Gasteiger partial charge is 0.369 e. The fourth-order valence-electron chi connectivity index (χ4n) is 1.59. The summed E-state index contributed by atoms with van der Waals surface area (Å²) in [6.45, 7) is 4.31. The highest BCUT2D eigenvalue weighted by Crippen LogP contribution is 2.21. The summed E-state index contributed by atoms with van der Waals surface area (Å²) in [5, 5.41) is 6.60. The molecule has 2 N–H and O–H groups in total. The molecule has 0 atom stereocenters. The molecule has 108 valence electrons. The zero-order chi connectivity index (χ0) is 14.6. The molecule has 0 radical (unpaired) electrons. The fraction of sp³-hybridized carbons (Fsp3) is 0.333. The number of hydrogen-bond donors (Lipinski definition) is 2. The van der Waals surface area contributed by atoms with E-state index in [1.807, 2.05) is 6.92 Å². The van der Waals surface area contributed by atoms with Gasteiger partial charge in [-0.05, 0) is 25.5 Å². The minimum absolute atomic E-state index is 0.0779. The maximum absolute atomic E-state index is 12.3. The number of nitrogens with one attached hydrogen (secondary N) is 2. The van der Waals surface area contributed by atoms with Crippen molar-refractivity contribution in [3.8, 4) is 0 Å². The van der Waals surface area contributed by atoms with E-state index in [-0.39, 0.29) is 10.7 Å². The zero-order valence-corrected chi connectivity index (χ0v) is 12.1. The van der Waals surface area contributed by atoms with Crippen molar-refractivity contribution in [3.05, 3.63) is 30.2 Å². The summed E-state index contributed by atoms with van der Waals surface area (Å²) < 4.78 is 31.8. The molecule has 20 heavy (non-hydrogen) atoms. The van der Waals surface area contributed by atoms with Gasteiger partial charge in [0.25, 0.3) is 10.0 Å². The molecule has 0 saturated carbocycles. The topological polar surface area (TPSA) is 97.1 Å². The first-order chi connectivity index (χ1) is 9.53. The van der Waals surface area contributed by atoms with Crippen molar-refractivity contribution >= 4 is 21.7 Å². The molecule has 0 aliphatic rings. The van der Waals surface area contributed by atoms with Crippen LogP contribution in [0.4, 0.5) is 11.6 Å². The van der Waals surface area contributed by atoms with Crippen molar-refractivity contribution in [2.75, 3.05) is 16.6 Å². The molecule has 8 heteroatoms. The first kappa shape index (κ1) is 14.3. The summed E-state index contributed by atoms with van der Waals surface area (Å²) in [5.74, 6) is 0.994. The average molecular weight is 296 g/mol. The third kappa shape index (κ3) is 3.27. The van der Waals surface area contributed by atoms with Gasteiger partial charge < -0.3 is 9.84 Å². The Morgan fingerprint density at radius 2 is 2.20 bits per heavy atom. The summed E-state index contributed by atoms with van der Waals surface area (Å²) in [5.41, 5.74) is 0. The van der Waals surface area contributed by atoms with Gasteiger partial charge in [0.2, 0.25) is 0 Å². The zero-order valence-electron chi connectivity index (χ0n) is 11.3. The van der Waals surface area contributed by atoms with E-state index in [0.717, 1.165) is 6.42 Å². The second kappa shape index (κ2) is 5.91. The third-order valence-electron chi connectivity index (χ3n) is 2.47. The molecule has 0 spiro atoms. The molecule has 0 bridgehead atoms. The van der Waals surface area contributed by atoms with Crippen LogP contribution in [0.15, 0.2) is 33.8 Å². The lowest BCUT2D eigenvalue weighted by Gasteiger charge is -2.10. The van der Waals surface area contributed by atoms with Gasteiger partial charge in [0.05, 0.1) is 0 Å². The van der Waals surface area contributed by atoms with Crippen molar-refractivity contribution in [2.24, 2.45) is 0 Å². The minimum Gasteiger partial charge on any atom is -0.369 e. The normalized spacial score (nSPS) is 11.3. The molecule has 7 nitrogen and oxygen atoms in total. The van der Waals surface area contributed by atoms with Gasteiger partial charge in [-0.1, -0.05) is 12.1 Å². The average Bonchev–Trinajstić information content (AvgIpc) is 2.81.